The van der Waals surface area contributed by atoms with Crippen LogP contribution in [0.5, 0.6) is 5.75 Å². The zero-order valence-electron chi connectivity index (χ0n) is 13.8. The third-order valence-electron chi connectivity index (χ3n) is 4.11. The van der Waals surface area contributed by atoms with E-state index in [1.807, 2.05) is 60.7 Å². The molecule has 0 unspecified atom stereocenters. The van der Waals surface area contributed by atoms with Crippen molar-refractivity contribution in [3.63, 3.8) is 0 Å². The van der Waals surface area contributed by atoms with Crippen LogP contribution in [0.1, 0.15) is 5.56 Å². The van der Waals surface area contributed by atoms with E-state index in [2.05, 4.69) is 9.89 Å². The summed E-state index contributed by atoms with van der Waals surface area (Å²) in [5, 5.41) is 0. The highest BCUT2D eigenvalue weighted by Crippen LogP contribution is 2.20. The predicted molar refractivity (Wildman–Crippen MR) is 99.7 cm³/mol. The molecule has 0 fully saturated rings. The minimum absolute atomic E-state index is 0.00538. The number of hydrogen-bond donors (Lipinski definition) is 0. The topological polar surface area (TPSA) is 46.8 Å². The summed E-state index contributed by atoms with van der Waals surface area (Å²) in [6, 6.07) is 17.7. The van der Waals surface area contributed by atoms with Crippen molar-refractivity contribution < 1.29 is 4.74 Å². The summed E-state index contributed by atoms with van der Waals surface area (Å²) in [6.07, 6.45) is 1.92. The average Bonchev–Trinajstić information content (AvgIpc) is 2.98. The van der Waals surface area contributed by atoms with Crippen molar-refractivity contribution in [3.8, 4) is 5.75 Å². The highest BCUT2D eigenvalue weighted by atomic mass is 32.1. The number of anilines is 1. The molecular formula is C19H17N3O2S. The van der Waals surface area contributed by atoms with E-state index in [9.17, 15) is 4.79 Å². The molecule has 2 aromatic carbocycles. The van der Waals surface area contributed by atoms with Gasteiger partial charge in [0.05, 0.1) is 11.6 Å². The summed E-state index contributed by atoms with van der Waals surface area (Å²) >= 11 is 1.44. The SMILES string of the molecule is COc1ccc(N2CN=c3s/c(=C/c4ccccc4)c(=O)n3C2)cc1. The van der Waals surface area contributed by atoms with E-state index >= 15 is 0 Å². The Bertz CT molecular complexity index is 1050. The molecule has 0 spiro atoms. The molecular weight excluding hydrogens is 334 g/mol. The van der Waals surface area contributed by atoms with Crippen molar-refractivity contribution in [1.29, 1.82) is 0 Å². The van der Waals surface area contributed by atoms with Gasteiger partial charge in [0.2, 0.25) is 0 Å². The van der Waals surface area contributed by atoms with Gasteiger partial charge < -0.3 is 9.64 Å². The van der Waals surface area contributed by atoms with Gasteiger partial charge in [0.15, 0.2) is 4.80 Å². The van der Waals surface area contributed by atoms with E-state index in [-0.39, 0.29) is 5.56 Å². The Kier molecular flexibility index (Phi) is 4.11. The molecule has 0 radical (unpaired) electrons. The first-order chi connectivity index (χ1) is 12.2. The van der Waals surface area contributed by atoms with E-state index < -0.39 is 0 Å². The van der Waals surface area contributed by atoms with Gasteiger partial charge in [-0.05, 0) is 35.9 Å². The fourth-order valence-electron chi connectivity index (χ4n) is 2.77. The Morgan fingerprint density at radius 3 is 2.60 bits per heavy atom. The van der Waals surface area contributed by atoms with E-state index in [1.54, 1.807) is 11.7 Å². The molecule has 0 atom stereocenters. The number of rotatable bonds is 3. The maximum Gasteiger partial charge on any atom is 0.271 e. The van der Waals surface area contributed by atoms with Gasteiger partial charge in [0.25, 0.3) is 5.56 Å². The second-order valence-electron chi connectivity index (χ2n) is 5.72. The smallest absolute Gasteiger partial charge is 0.271 e. The molecule has 0 aliphatic carbocycles. The minimum Gasteiger partial charge on any atom is -0.497 e. The molecule has 6 heteroatoms. The van der Waals surface area contributed by atoms with Gasteiger partial charge in [0.1, 0.15) is 19.1 Å². The molecule has 5 nitrogen and oxygen atoms in total. The van der Waals surface area contributed by atoms with Gasteiger partial charge in [-0.15, -0.1) is 0 Å². The molecule has 0 N–H and O–H groups in total. The first-order valence-corrected chi connectivity index (χ1v) is 8.76. The fourth-order valence-corrected chi connectivity index (χ4v) is 3.73. The molecule has 3 aromatic rings. The molecule has 0 saturated carbocycles. The summed E-state index contributed by atoms with van der Waals surface area (Å²) < 4.78 is 7.63. The van der Waals surface area contributed by atoms with Gasteiger partial charge in [-0.2, -0.15) is 0 Å². The Morgan fingerprint density at radius 1 is 1.12 bits per heavy atom. The zero-order chi connectivity index (χ0) is 17.2. The van der Waals surface area contributed by atoms with Crippen LogP contribution in [0, 0.1) is 0 Å². The maximum atomic E-state index is 12.7. The summed E-state index contributed by atoms with van der Waals surface area (Å²) in [4.78, 5) is 20.1. The van der Waals surface area contributed by atoms with Crippen LogP contribution in [0.2, 0.25) is 0 Å². The number of benzene rings is 2. The lowest BCUT2D eigenvalue weighted by atomic mass is 10.2. The highest BCUT2D eigenvalue weighted by molar-refractivity contribution is 7.07. The van der Waals surface area contributed by atoms with Crippen molar-refractivity contribution in [2.24, 2.45) is 4.99 Å². The average molecular weight is 351 g/mol. The molecule has 0 amide bonds. The largest absolute Gasteiger partial charge is 0.497 e. The number of ether oxygens (including phenoxy) is 1. The molecule has 0 saturated heterocycles. The number of nitrogens with zero attached hydrogens (tertiary/aromatic N) is 3. The van der Waals surface area contributed by atoms with Crippen molar-refractivity contribution in [3.05, 3.63) is 79.8 Å². The van der Waals surface area contributed by atoms with E-state index in [4.69, 9.17) is 4.74 Å². The molecule has 0 bridgehead atoms. The lowest BCUT2D eigenvalue weighted by Gasteiger charge is -2.25. The quantitative estimate of drug-likeness (QED) is 0.723. The van der Waals surface area contributed by atoms with Gasteiger partial charge >= 0.3 is 0 Å². The van der Waals surface area contributed by atoms with Gasteiger partial charge in [0, 0.05) is 5.69 Å². The zero-order valence-corrected chi connectivity index (χ0v) is 14.6. The van der Waals surface area contributed by atoms with Crippen LogP contribution in [0.4, 0.5) is 5.69 Å². The third-order valence-corrected chi connectivity index (χ3v) is 5.16. The molecule has 1 aromatic heterocycles. The molecule has 1 aliphatic heterocycles. The van der Waals surface area contributed by atoms with Crippen molar-refractivity contribution >= 4 is 23.1 Å². The van der Waals surface area contributed by atoms with E-state index in [0.29, 0.717) is 17.9 Å². The molecule has 25 heavy (non-hydrogen) atoms. The van der Waals surface area contributed by atoms with Gasteiger partial charge in [-0.3, -0.25) is 9.36 Å². The highest BCUT2D eigenvalue weighted by Gasteiger charge is 2.15. The lowest BCUT2D eigenvalue weighted by molar-refractivity contribution is 0.414. The second kappa shape index (κ2) is 6.57. The Hall–Kier alpha value is -2.86. The summed E-state index contributed by atoms with van der Waals surface area (Å²) in [6.45, 7) is 1.04. The van der Waals surface area contributed by atoms with Crippen LogP contribution >= 0.6 is 11.3 Å². The monoisotopic (exact) mass is 351 g/mol. The van der Waals surface area contributed by atoms with E-state index in [0.717, 1.165) is 21.8 Å². The predicted octanol–water partition coefficient (Wildman–Crippen LogP) is 1.80. The van der Waals surface area contributed by atoms with Gasteiger partial charge in [-0.25, -0.2) is 4.99 Å². The maximum absolute atomic E-state index is 12.7. The first kappa shape index (κ1) is 15.7. The number of hydrogen-bond acceptors (Lipinski definition) is 5. The first-order valence-electron chi connectivity index (χ1n) is 7.94. The van der Waals surface area contributed by atoms with Crippen LogP contribution in [-0.4, -0.2) is 18.3 Å². The standard InChI is InChI=1S/C19H17N3O2S/c1-24-16-9-7-15(8-10-16)21-12-20-19-22(13-21)18(23)17(25-19)11-14-5-3-2-4-6-14/h2-11H,12-13H2,1H3/b17-11+. The normalized spacial score (nSPS) is 14.1. The number of fused-ring (bicyclic) bond motifs is 1. The van der Waals surface area contributed by atoms with Crippen molar-refractivity contribution in [1.82, 2.24) is 4.57 Å². The molecule has 4 rings (SSSR count). The second-order valence-corrected chi connectivity index (χ2v) is 6.73. The fraction of sp³-hybridized carbons (Fsp3) is 0.158. The third kappa shape index (κ3) is 3.08. The summed E-state index contributed by atoms with van der Waals surface area (Å²) in [5.74, 6) is 0.811. The Morgan fingerprint density at radius 2 is 1.88 bits per heavy atom. The van der Waals surface area contributed by atoms with Crippen LogP contribution < -0.4 is 24.5 Å². The van der Waals surface area contributed by atoms with Crippen molar-refractivity contribution in [2.75, 3.05) is 18.7 Å². The summed E-state index contributed by atoms with van der Waals surface area (Å²) in [7, 11) is 1.65. The lowest BCUT2D eigenvalue weighted by Crippen LogP contribution is -2.42. The molecule has 126 valence electrons. The van der Waals surface area contributed by atoms with E-state index in [1.165, 1.54) is 11.3 Å². The van der Waals surface area contributed by atoms with Gasteiger partial charge in [-0.1, -0.05) is 41.7 Å². The van der Waals surface area contributed by atoms with Crippen molar-refractivity contribution in [2.45, 2.75) is 6.67 Å². The number of thiazole rings is 1. The summed E-state index contributed by atoms with van der Waals surface area (Å²) in [5.41, 5.74) is 2.04. The minimum atomic E-state index is 0.00538. The van der Waals surface area contributed by atoms with Crippen LogP contribution in [0.25, 0.3) is 6.08 Å². The van der Waals surface area contributed by atoms with Crippen LogP contribution in [0.15, 0.2) is 64.4 Å². The number of methoxy groups -OCH3 is 1. The Balaban J connectivity index is 1.68. The Labute approximate surface area is 148 Å². The molecule has 2 heterocycles. The van der Waals surface area contributed by atoms with Crippen LogP contribution in [0.3, 0.4) is 0 Å². The number of aromatic nitrogens is 1. The van der Waals surface area contributed by atoms with Crippen LogP contribution in [-0.2, 0) is 6.67 Å². The molecule has 1 aliphatic rings.